The number of nitrogens with one attached hydrogen (secondary N) is 1. The second-order valence-corrected chi connectivity index (χ2v) is 7.57. The van der Waals surface area contributed by atoms with Gasteiger partial charge in [0.1, 0.15) is 5.75 Å². The van der Waals surface area contributed by atoms with Crippen molar-refractivity contribution in [3.05, 3.63) is 54.0 Å². The molecule has 0 bridgehead atoms. The Labute approximate surface area is 165 Å². The zero-order valence-electron chi connectivity index (χ0n) is 16.5. The lowest BCUT2D eigenvalue weighted by atomic mass is 10.0. The van der Waals surface area contributed by atoms with Crippen LogP contribution in [0.1, 0.15) is 54.0 Å². The van der Waals surface area contributed by atoms with E-state index in [9.17, 15) is 9.59 Å². The standard InChI is InChI=1S/C22H28N2O4/c1-16(2)11-15-27-19-7-5-17(6-8-19)21(25)23-18-9-12-24(13-10-18)22(26)20-4-3-14-28-20/h3-8,14,16,18H,9-13,15H2,1-2H3,(H,23,25). The lowest BCUT2D eigenvalue weighted by Crippen LogP contribution is -2.46. The van der Waals surface area contributed by atoms with Crippen molar-refractivity contribution in [1.29, 1.82) is 0 Å². The summed E-state index contributed by atoms with van der Waals surface area (Å²) in [4.78, 5) is 26.5. The number of benzene rings is 1. The highest BCUT2D eigenvalue weighted by atomic mass is 16.5. The van der Waals surface area contributed by atoms with Crippen LogP contribution in [0, 0.1) is 5.92 Å². The molecule has 150 valence electrons. The van der Waals surface area contributed by atoms with E-state index in [1.807, 2.05) is 12.1 Å². The summed E-state index contributed by atoms with van der Waals surface area (Å²) in [6, 6.07) is 10.7. The first-order valence-electron chi connectivity index (χ1n) is 9.89. The van der Waals surface area contributed by atoms with Gasteiger partial charge >= 0.3 is 0 Å². The topological polar surface area (TPSA) is 71.8 Å². The maximum Gasteiger partial charge on any atom is 0.289 e. The number of amides is 2. The predicted octanol–water partition coefficient (Wildman–Crippen LogP) is 3.74. The highest BCUT2D eigenvalue weighted by Crippen LogP contribution is 2.17. The molecule has 1 aromatic carbocycles. The normalized spacial score (nSPS) is 14.9. The van der Waals surface area contributed by atoms with Crippen LogP contribution in [0.4, 0.5) is 0 Å². The summed E-state index contributed by atoms with van der Waals surface area (Å²) < 4.78 is 10.9. The molecule has 1 fully saturated rings. The largest absolute Gasteiger partial charge is 0.494 e. The molecule has 2 heterocycles. The molecule has 0 saturated carbocycles. The van der Waals surface area contributed by atoms with Crippen LogP contribution in [0.15, 0.2) is 47.1 Å². The molecule has 1 aromatic heterocycles. The molecule has 28 heavy (non-hydrogen) atoms. The quantitative estimate of drug-likeness (QED) is 0.789. The molecule has 1 aliphatic rings. The maximum absolute atomic E-state index is 12.5. The third-order valence-corrected chi connectivity index (χ3v) is 4.93. The van der Waals surface area contributed by atoms with Gasteiger partial charge in [0.15, 0.2) is 5.76 Å². The SMILES string of the molecule is CC(C)CCOc1ccc(C(=O)NC2CCN(C(=O)c3ccco3)CC2)cc1. The first-order chi connectivity index (χ1) is 13.5. The molecule has 0 spiro atoms. The molecule has 2 aromatic rings. The number of carbonyl (C=O) groups excluding carboxylic acids is 2. The van der Waals surface area contributed by atoms with Gasteiger partial charge in [-0.1, -0.05) is 13.8 Å². The highest BCUT2D eigenvalue weighted by Gasteiger charge is 2.26. The summed E-state index contributed by atoms with van der Waals surface area (Å²) in [5, 5.41) is 3.07. The van der Waals surface area contributed by atoms with Gasteiger partial charge in [-0.3, -0.25) is 9.59 Å². The van der Waals surface area contributed by atoms with Gasteiger partial charge in [0.2, 0.25) is 0 Å². The third kappa shape index (κ3) is 5.38. The van der Waals surface area contributed by atoms with Crippen molar-refractivity contribution in [1.82, 2.24) is 10.2 Å². The van der Waals surface area contributed by atoms with Crippen molar-refractivity contribution in [3.63, 3.8) is 0 Å². The molecule has 6 nitrogen and oxygen atoms in total. The molecule has 0 radical (unpaired) electrons. The van der Waals surface area contributed by atoms with Gasteiger partial charge in [0, 0.05) is 24.7 Å². The van der Waals surface area contributed by atoms with E-state index < -0.39 is 0 Å². The second-order valence-electron chi connectivity index (χ2n) is 7.57. The van der Waals surface area contributed by atoms with E-state index in [-0.39, 0.29) is 17.9 Å². The number of hydrogen-bond acceptors (Lipinski definition) is 4. The fourth-order valence-electron chi connectivity index (χ4n) is 3.17. The van der Waals surface area contributed by atoms with Crippen molar-refractivity contribution in [2.24, 2.45) is 5.92 Å². The van der Waals surface area contributed by atoms with Gasteiger partial charge in [-0.25, -0.2) is 0 Å². The van der Waals surface area contributed by atoms with Crippen molar-refractivity contribution in [2.45, 2.75) is 39.2 Å². The number of ether oxygens (including phenoxy) is 1. The number of furan rings is 1. The molecule has 6 heteroatoms. The van der Waals surface area contributed by atoms with Crippen molar-refractivity contribution >= 4 is 11.8 Å². The minimum Gasteiger partial charge on any atom is -0.494 e. The molecule has 1 saturated heterocycles. The van der Waals surface area contributed by atoms with Crippen LogP contribution in [0.2, 0.25) is 0 Å². The highest BCUT2D eigenvalue weighted by molar-refractivity contribution is 5.94. The number of piperidine rings is 1. The van der Waals surface area contributed by atoms with Crippen LogP contribution in [0.3, 0.4) is 0 Å². The molecule has 3 rings (SSSR count). The number of likely N-dealkylation sites (tertiary alicyclic amines) is 1. The summed E-state index contributed by atoms with van der Waals surface area (Å²) >= 11 is 0. The first kappa shape index (κ1) is 20.0. The maximum atomic E-state index is 12.5. The fourth-order valence-corrected chi connectivity index (χ4v) is 3.17. The lowest BCUT2D eigenvalue weighted by Gasteiger charge is -2.31. The predicted molar refractivity (Wildman–Crippen MR) is 106 cm³/mol. The van der Waals surface area contributed by atoms with Crippen LogP contribution in [0.5, 0.6) is 5.75 Å². The number of carbonyl (C=O) groups is 2. The van der Waals surface area contributed by atoms with Crippen LogP contribution in [-0.2, 0) is 0 Å². The van der Waals surface area contributed by atoms with Gasteiger partial charge in [0.25, 0.3) is 11.8 Å². The van der Waals surface area contributed by atoms with E-state index in [1.165, 1.54) is 6.26 Å². The smallest absolute Gasteiger partial charge is 0.289 e. The summed E-state index contributed by atoms with van der Waals surface area (Å²) in [6.45, 7) is 6.21. The van der Waals surface area contributed by atoms with Gasteiger partial charge in [-0.2, -0.15) is 0 Å². The Hall–Kier alpha value is -2.76. The number of hydrogen-bond donors (Lipinski definition) is 1. The van der Waals surface area contributed by atoms with E-state index in [4.69, 9.17) is 9.15 Å². The van der Waals surface area contributed by atoms with Crippen LogP contribution >= 0.6 is 0 Å². The van der Waals surface area contributed by atoms with Gasteiger partial charge in [-0.05, 0) is 61.6 Å². The van der Waals surface area contributed by atoms with E-state index in [2.05, 4.69) is 19.2 Å². The third-order valence-electron chi connectivity index (χ3n) is 4.93. The van der Waals surface area contributed by atoms with E-state index >= 15 is 0 Å². The minimum atomic E-state index is -0.0946. The van der Waals surface area contributed by atoms with E-state index in [1.54, 1.807) is 29.2 Å². The summed E-state index contributed by atoms with van der Waals surface area (Å²) in [5.41, 5.74) is 0.616. The van der Waals surface area contributed by atoms with Gasteiger partial charge < -0.3 is 19.4 Å². The summed E-state index contributed by atoms with van der Waals surface area (Å²) in [5.74, 6) is 1.55. The Bertz CT molecular complexity index is 760. The molecular weight excluding hydrogens is 356 g/mol. The Morgan fingerprint density at radius 3 is 2.50 bits per heavy atom. The van der Waals surface area contributed by atoms with Crippen molar-refractivity contribution < 1.29 is 18.7 Å². The molecule has 1 N–H and O–H groups in total. The lowest BCUT2D eigenvalue weighted by molar-refractivity contribution is 0.0667. The summed E-state index contributed by atoms with van der Waals surface area (Å²) in [7, 11) is 0. The molecular formula is C22H28N2O4. The van der Waals surface area contributed by atoms with Crippen LogP contribution < -0.4 is 10.1 Å². The monoisotopic (exact) mass is 384 g/mol. The fraction of sp³-hybridized carbons (Fsp3) is 0.455. The first-order valence-corrected chi connectivity index (χ1v) is 9.89. The van der Waals surface area contributed by atoms with E-state index in [0.717, 1.165) is 25.0 Å². The molecule has 0 unspecified atom stereocenters. The Morgan fingerprint density at radius 2 is 1.89 bits per heavy atom. The zero-order valence-corrected chi connectivity index (χ0v) is 16.5. The number of nitrogens with zero attached hydrogens (tertiary/aromatic N) is 1. The summed E-state index contributed by atoms with van der Waals surface area (Å²) in [6.07, 6.45) is 3.97. The van der Waals surface area contributed by atoms with E-state index in [0.29, 0.717) is 36.9 Å². The van der Waals surface area contributed by atoms with Gasteiger partial charge in [0.05, 0.1) is 12.9 Å². The molecule has 2 amide bonds. The molecule has 0 aliphatic carbocycles. The Morgan fingerprint density at radius 1 is 1.18 bits per heavy atom. The molecule has 1 aliphatic heterocycles. The van der Waals surface area contributed by atoms with Crippen LogP contribution in [0.25, 0.3) is 0 Å². The van der Waals surface area contributed by atoms with Crippen LogP contribution in [-0.4, -0.2) is 42.5 Å². The Kier molecular flexibility index (Phi) is 6.74. The second kappa shape index (κ2) is 9.44. The minimum absolute atomic E-state index is 0.0649. The number of rotatable bonds is 7. The molecule has 0 atom stereocenters. The zero-order chi connectivity index (χ0) is 19.9. The van der Waals surface area contributed by atoms with Crippen molar-refractivity contribution in [2.75, 3.05) is 19.7 Å². The average molecular weight is 384 g/mol. The van der Waals surface area contributed by atoms with Gasteiger partial charge in [-0.15, -0.1) is 0 Å². The Balaban J connectivity index is 1.44. The average Bonchev–Trinajstić information content (AvgIpc) is 3.23. The van der Waals surface area contributed by atoms with Crippen molar-refractivity contribution in [3.8, 4) is 5.75 Å².